The van der Waals surface area contributed by atoms with Crippen molar-refractivity contribution in [3.8, 4) is 0 Å². The number of rotatable bonds is 3. The van der Waals surface area contributed by atoms with Gasteiger partial charge >= 0.3 is 0 Å². The molecule has 1 amide bonds. The summed E-state index contributed by atoms with van der Waals surface area (Å²) in [6.07, 6.45) is 0. The number of carbonyl (C=O) groups excluding carboxylic acids is 1. The molecule has 5 heteroatoms. The molecule has 0 aliphatic heterocycles. The maximum atomic E-state index is 12.4. The molecule has 104 valence electrons. The quantitative estimate of drug-likeness (QED) is 0.611. The average Bonchev–Trinajstić information content (AvgIpc) is 2.38. The predicted octanol–water partition coefficient (Wildman–Crippen LogP) is 5.25. The lowest BCUT2D eigenvalue weighted by molar-refractivity contribution is 0.0784. The van der Waals surface area contributed by atoms with Crippen LogP contribution in [0, 0.1) is 0 Å². The molecule has 0 saturated carbocycles. The maximum Gasteiger partial charge on any atom is 0.255 e. The summed E-state index contributed by atoms with van der Waals surface area (Å²) in [6.45, 7) is 0.570. The molecule has 2 rings (SSSR count). The lowest BCUT2D eigenvalue weighted by atomic mass is 10.1. The van der Waals surface area contributed by atoms with Crippen LogP contribution < -0.4 is 0 Å². The highest BCUT2D eigenvalue weighted by atomic mass is 79.9. The van der Waals surface area contributed by atoms with Crippen molar-refractivity contribution < 1.29 is 4.79 Å². The largest absolute Gasteiger partial charge is 0.337 e. The Labute approximate surface area is 143 Å². The molecule has 20 heavy (non-hydrogen) atoms. The molecule has 0 radical (unpaired) electrons. The van der Waals surface area contributed by atoms with Gasteiger partial charge in [-0.3, -0.25) is 4.79 Å². The van der Waals surface area contributed by atoms with Crippen LogP contribution in [-0.4, -0.2) is 17.9 Å². The van der Waals surface area contributed by atoms with Gasteiger partial charge in [0.25, 0.3) is 5.91 Å². The van der Waals surface area contributed by atoms with E-state index in [1.165, 1.54) is 0 Å². The normalized spacial score (nSPS) is 10.4. The molecule has 0 N–H and O–H groups in total. The Bertz CT molecular complexity index is 643. The van der Waals surface area contributed by atoms with Crippen LogP contribution in [0.15, 0.2) is 55.9 Å². The minimum atomic E-state index is -0.00986. The molecule has 0 saturated heterocycles. The van der Waals surface area contributed by atoms with Crippen molar-refractivity contribution in [2.45, 2.75) is 6.54 Å². The lowest BCUT2D eigenvalue weighted by Crippen LogP contribution is -2.26. The van der Waals surface area contributed by atoms with E-state index in [1.54, 1.807) is 11.9 Å². The van der Waals surface area contributed by atoms with E-state index in [-0.39, 0.29) is 5.91 Å². The van der Waals surface area contributed by atoms with Crippen LogP contribution in [0.3, 0.4) is 0 Å². The smallest absolute Gasteiger partial charge is 0.255 e. The van der Waals surface area contributed by atoms with E-state index in [1.807, 2.05) is 42.5 Å². The van der Waals surface area contributed by atoms with Crippen molar-refractivity contribution in [2.75, 3.05) is 7.05 Å². The Balaban J connectivity index is 2.16. The standard InChI is InChI=1S/C15H12Br3NO/c1-19(9-10-3-2-4-11(16)7-10)15(20)13-6-5-12(17)8-14(13)18/h2-8H,9H2,1H3. The van der Waals surface area contributed by atoms with Gasteiger partial charge in [-0.05, 0) is 51.8 Å². The fraction of sp³-hybridized carbons (Fsp3) is 0.133. The van der Waals surface area contributed by atoms with E-state index in [2.05, 4.69) is 47.8 Å². The Kier molecular flexibility index (Phi) is 5.41. The minimum Gasteiger partial charge on any atom is -0.337 e. The highest BCUT2D eigenvalue weighted by molar-refractivity contribution is 9.11. The molecule has 0 aliphatic rings. The molecule has 0 atom stereocenters. The van der Waals surface area contributed by atoms with Gasteiger partial charge in [-0.25, -0.2) is 0 Å². The molecule has 0 aromatic heterocycles. The van der Waals surface area contributed by atoms with E-state index >= 15 is 0 Å². The summed E-state index contributed by atoms with van der Waals surface area (Å²) in [4.78, 5) is 14.1. The van der Waals surface area contributed by atoms with Gasteiger partial charge in [-0.15, -0.1) is 0 Å². The van der Waals surface area contributed by atoms with Gasteiger partial charge in [0.05, 0.1) is 5.56 Å². The number of amides is 1. The van der Waals surface area contributed by atoms with Gasteiger partial charge in [0, 0.05) is 27.0 Å². The van der Waals surface area contributed by atoms with Gasteiger partial charge in [-0.1, -0.05) is 44.0 Å². The fourth-order valence-electron chi connectivity index (χ4n) is 1.85. The van der Waals surface area contributed by atoms with Gasteiger partial charge in [-0.2, -0.15) is 0 Å². The molecule has 2 nitrogen and oxygen atoms in total. The summed E-state index contributed by atoms with van der Waals surface area (Å²) in [7, 11) is 1.80. The van der Waals surface area contributed by atoms with Crippen LogP contribution in [0.4, 0.5) is 0 Å². The maximum absolute atomic E-state index is 12.4. The number of nitrogens with zero attached hydrogens (tertiary/aromatic N) is 1. The highest BCUT2D eigenvalue weighted by Crippen LogP contribution is 2.23. The number of halogens is 3. The van der Waals surface area contributed by atoms with Crippen LogP contribution in [-0.2, 0) is 6.54 Å². The molecule has 0 heterocycles. The summed E-state index contributed by atoms with van der Waals surface area (Å²) in [5, 5.41) is 0. The second-order valence-corrected chi connectivity index (χ2v) is 7.10. The summed E-state index contributed by atoms with van der Waals surface area (Å²) in [6, 6.07) is 13.5. The van der Waals surface area contributed by atoms with Crippen LogP contribution in [0.5, 0.6) is 0 Å². The van der Waals surface area contributed by atoms with Crippen LogP contribution >= 0.6 is 47.8 Å². The van der Waals surface area contributed by atoms with Gasteiger partial charge < -0.3 is 4.90 Å². The van der Waals surface area contributed by atoms with Crippen molar-refractivity contribution in [1.82, 2.24) is 4.90 Å². The van der Waals surface area contributed by atoms with Crippen molar-refractivity contribution in [2.24, 2.45) is 0 Å². The molecule has 0 aliphatic carbocycles. The first-order valence-corrected chi connectivity index (χ1v) is 8.30. The zero-order valence-electron chi connectivity index (χ0n) is 10.7. The summed E-state index contributed by atoms with van der Waals surface area (Å²) in [5.74, 6) is -0.00986. The average molecular weight is 462 g/mol. The predicted molar refractivity (Wildman–Crippen MR) is 91.8 cm³/mol. The Morgan fingerprint density at radius 3 is 2.40 bits per heavy atom. The monoisotopic (exact) mass is 459 g/mol. The van der Waals surface area contributed by atoms with Crippen molar-refractivity contribution in [3.63, 3.8) is 0 Å². The van der Waals surface area contributed by atoms with Crippen LogP contribution in [0.1, 0.15) is 15.9 Å². The van der Waals surface area contributed by atoms with E-state index < -0.39 is 0 Å². The Hall–Kier alpha value is -0.650. The van der Waals surface area contributed by atoms with Crippen LogP contribution in [0.25, 0.3) is 0 Å². The van der Waals surface area contributed by atoms with E-state index in [0.29, 0.717) is 12.1 Å². The van der Waals surface area contributed by atoms with Gasteiger partial charge in [0.2, 0.25) is 0 Å². The van der Waals surface area contributed by atoms with Crippen molar-refractivity contribution >= 4 is 53.7 Å². The third-order valence-electron chi connectivity index (χ3n) is 2.82. The first-order chi connectivity index (χ1) is 9.47. The minimum absolute atomic E-state index is 0.00986. The van der Waals surface area contributed by atoms with Crippen molar-refractivity contribution in [1.29, 1.82) is 0 Å². The summed E-state index contributed by atoms with van der Waals surface area (Å²) < 4.78 is 2.74. The number of hydrogen-bond acceptors (Lipinski definition) is 1. The molecular formula is C15H12Br3NO. The van der Waals surface area contributed by atoms with Crippen molar-refractivity contribution in [3.05, 3.63) is 67.0 Å². The topological polar surface area (TPSA) is 20.3 Å². The molecule has 0 bridgehead atoms. The molecule has 2 aromatic rings. The number of hydrogen-bond donors (Lipinski definition) is 0. The molecule has 0 spiro atoms. The van der Waals surface area contributed by atoms with E-state index in [4.69, 9.17) is 0 Å². The Morgan fingerprint density at radius 1 is 1.05 bits per heavy atom. The van der Waals surface area contributed by atoms with Gasteiger partial charge in [0.1, 0.15) is 0 Å². The highest BCUT2D eigenvalue weighted by Gasteiger charge is 2.15. The van der Waals surface area contributed by atoms with E-state index in [9.17, 15) is 4.79 Å². The first-order valence-electron chi connectivity index (χ1n) is 5.92. The van der Waals surface area contributed by atoms with Gasteiger partial charge in [0.15, 0.2) is 0 Å². The third kappa shape index (κ3) is 3.93. The fourth-order valence-corrected chi connectivity index (χ4v) is 3.51. The zero-order valence-corrected chi connectivity index (χ0v) is 15.5. The number of benzene rings is 2. The van der Waals surface area contributed by atoms with E-state index in [0.717, 1.165) is 19.0 Å². The van der Waals surface area contributed by atoms with Crippen LogP contribution in [0.2, 0.25) is 0 Å². The molecular weight excluding hydrogens is 450 g/mol. The molecule has 2 aromatic carbocycles. The Morgan fingerprint density at radius 2 is 1.75 bits per heavy atom. The number of carbonyl (C=O) groups is 1. The first kappa shape index (κ1) is 15.7. The second-order valence-electron chi connectivity index (χ2n) is 4.42. The SMILES string of the molecule is CN(Cc1cccc(Br)c1)C(=O)c1ccc(Br)cc1Br. The molecule has 0 fully saturated rings. The zero-order chi connectivity index (χ0) is 14.7. The second kappa shape index (κ2) is 6.87. The lowest BCUT2D eigenvalue weighted by Gasteiger charge is -2.18. The molecule has 0 unspecified atom stereocenters. The summed E-state index contributed by atoms with van der Waals surface area (Å²) in [5.41, 5.74) is 1.74. The third-order valence-corrected chi connectivity index (χ3v) is 4.46. The summed E-state index contributed by atoms with van der Waals surface area (Å²) >= 11 is 10.2.